The van der Waals surface area contributed by atoms with Gasteiger partial charge in [0.25, 0.3) is 0 Å². The van der Waals surface area contributed by atoms with Gasteiger partial charge in [0.1, 0.15) is 12.9 Å². The molecule has 0 aliphatic carbocycles. The Morgan fingerprint density at radius 2 is 1.94 bits per heavy atom. The zero-order chi connectivity index (χ0) is 23.4. The highest BCUT2D eigenvalue weighted by atomic mass is 35.5. The Labute approximate surface area is 193 Å². The maximum atomic E-state index is 12.4. The number of carbonyl (C=O) groups is 2. The van der Waals surface area contributed by atoms with Crippen LogP contribution in [0.2, 0.25) is 5.02 Å². The number of anilines is 1. The Morgan fingerprint density at radius 1 is 1.15 bits per heavy atom. The van der Waals surface area contributed by atoms with Crippen LogP contribution < -0.4 is 19.5 Å². The third-order valence-electron chi connectivity index (χ3n) is 4.64. The third kappa shape index (κ3) is 4.85. The zero-order valence-corrected chi connectivity index (χ0v) is 18.4. The predicted octanol–water partition coefficient (Wildman–Crippen LogP) is 3.74. The van der Waals surface area contributed by atoms with Gasteiger partial charge in [-0.3, -0.25) is 14.3 Å². The number of halogens is 1. The predicted molar refractivity (Wildman–Crippen MR) is 120 cm³/mol. The molecule has 1 N–H and O–H groups in total. The fraction of sp³-hybridized carbons (Fsp3) is 0.136. The second-order valence-corrected chi connectivity index (χ2v) is 7.19. The van der Waals surface area contributed by atoms with Crippen LogP contribution in [0, 0.1) is 0 Å². The lowest BCUT2D eigenvalue weighted by molar-refractivity contribution is -0.116. The zero-order valence-electron chi connectivity index (χ0n) is 17.6. The SMILES string of the molecule is COc1cc2ncnc(Oc3cnn(CC(=O)Nc4ccc(Cl)c(C=O)c4)c3)c2cc1OC. The van der Waals surface area contributed by atoms with Crippen LogP contribution in [0.1, 0.15) is 10.4 Å². The number of rotatable bonds is 8. The molecule has 0 aliphatic rings. The van der Waals surface area contributed by atoms with Gasteiger partial charge in [-0.05, 0) is 24.3 Å². The molecule has 2 aromatic carbocycles. The Balaban J connectivity index is 1.48. The second kappa shape index (κ2) is 9.53. The minimum atomic E-state index is -0.340. The van der Waals surface area contributed by atoms with E-state index >= 15 is 0 Å². The summed E-state index contributed by atoms with van der Waals surface area (Å²) < 4.78 is 17.9. The maximum absolute atomic E-state index is 12.4. The van der Waals surface area contributed by atoms with E-state index in [-0.39, 0.29) is 18.0 Å². The van der Waals surface area contributed by atoms with Crippen LogP contribution in [-0.4, -0.2) is 46.2 Å². The van der Waals surface area contributed by atoms with Gasteiger partial charge in [0.15, 0.2) is 23.5 Å². The topological polar surface area (TPSA) is 117 Å². The number of benzene rings is 2. The second-order valence-electron chi connectivity index (χ2n) is 6.78. The van der Waals surface area contributed by atoms with Gasteiger partial charge in [-0.15, -0.1) is 0 Å². The van der Waals surface area contributed by atoms with E-state index in [1.807, 2.05) is 0 Å². The van der Waals surface area contributed by atoms with E-state index in [1.54, 1.807) is 31.5 Å². The number of nitrogens with one attached hydrogen (secondary N) is 1. The molecule has 0 radical (unpaired) electrons. The molecule has 168 valence electrons. The van der Waals surface area contributed by atoms with Crippen molar-refractivity contribution in [3.63, 3.8) is 0 Å². The van der Waals surface area contributed by atoms with Crippen molar-refractivity contribution in [1.82, 2.24) is 19.7 Å². The lowest BCUT2D eigenvalue weighted by Gasteiger charge is -2.10. The lowest BCUT2D eigenvalue weighted by atomic mass is 10.2. The third-order valence-corrected chi connectivity index (χ3v) is 4.98. The van der Waals surface area contributed by atoms with Crippen LogP contribution >= 0.6 is 11.6 Å². The first-order valence-corrected chi connectivity index (χ1v) is 10.00. The van der Waals surface area contributed by atoms with Crippen LogP contribution in [0.25, 0.3) is 10.9 Å². The highest BCUT2D eigenvalue weighted by molar-refractivity contribution is 6.33. The number of fused-ring (bicyclic) bond motifs is 1. The van der Waals surface area contributed by atoms with Gasteiger partial charge >= 0.3 is 0 Å². The molecule has 1 amide bonds. The van der Waals surface area contributed by atoms with Gasteiger partial charge in [0, 0.05) is 17.3 Å². The number of hydrogen-bond acceptors (Lipinski definition) is 8. The Kier molecular flexibility index (Phi) is 6.36. The largest absolute Gasteiger partial charge is 0.493 e. The molecule has 0 atom stereocenters. The molecule has 4 aromatic rings. The number of carbonyl (C=O) groups excluding carboxylic acids is 2. The fourth-order valence-electron chi connectivity index (χ4n) is 3.10. The standard InChI is InChI=1S/C22H18ClN5O5/c1-31-19-6-16-18(7-20(19)32-2)24-12-25-22(16)33-15-8-26-28(9-15)10-21(30)27-14-3-4-17(23)13(5-14)11-29/h3-9,11-12H,10H2,1-2H3,(H,27,30). The first kappa shape index (κ1) is 22.0. The summed E-state index contributed by atoms with van der Waals surface area (Å²) in [5, 5.41) is 7.77. The van der Waals surface area contributed by atoms with Crippen molar-refractivity contribution >= 4 is 40.4 Å². The van der Waals surface area contributed by atoms with Gasteiger partial charge in [0.2, 0.25) is 11.8 Å². The van der Waals surface area contributed by atoms with Crippen molar-refractivity contribution in [3.05, 3.63) is 59.6 Å². The van der Waals surface area contributed by atoms with Crippen LogP contribution in [0.3, 0.4) is 0 Å². The molecule has 0 saturated heterocycles. The maximum Gasteiger partial charge on any atom is 0.246 e. The van der Waals surface area contributed by atoms with Gasteiger partial charge in [-0.25, -0.2) is 9.97 Å². The summed E-state index contributed by atoms with van der Waals surface area (Å²) in [5.41, 5.74) is 1.35. The molecular formula is C22H18ClN5O5. The molecule has 0 saturated carbocycles. The summed E-state index contributed by atoms with van der Waals surface area (Å²) >= 11 is 5.91. The van der Waals surface area contributed by atoms with Crippen molar-refractivity contribution in [2.75, 3.05) is 19.5 Å². The molecular weight excluding hydrogens is 450 g/mol. The van der Waals surface area contributed by atoms with Crippen molar-refractivity contribution in [3.8, 4) is 23.1 Å². The molecule has 10 nitrogen and oxygen atoms in total. The molecule has 11 heteroatoms. The monoisotopic (exact) mass is 467 g/mol. The van der Waals surface area contributed by atoms with E-state index in [9.17, 15) is 9.59 Å². The summed E-state index contributed by atoms with van der Waals surface area (Å²) in [6.45, 7) is -0.0715. The highest BCUT2D eigenvalue weighted by Gasteiger charge is 2.14. The molecule has 2 heterocycles. The minimum Gasteiger partial charge on any atom is -0.493 e. The number of ether oxygens (including phenoxy) is 3. The first-order valence-electron chi connectivity index (χ1n) is 9.62. The number of amides is 1. The molecule has 2 aromatic heterocycles. The Hall–Kier alpha value is -4.18. The number of methoxy groups -OCH3 is 2. The van der Waals surface area contributed by atoms with Crippen LogP contribution in [-0.2, 0) is 11.3 Å². The van der Waals surface area contributed by atoms with Gasteiger partial charge in [-0.2, -0.15) is 5.10 Å². The smallest absolute Gasteiger partial charge is 0.246 e. The minimum absolute atomic E-state index is 0.0715. The van der Waals surface area contributed by atoms with E-state index in [2.05, 4.69) is 20.4 Å². The molecule has 0 spiro atoms. The van der Waals surface area contributed by atoms with Gasteiger partial charge in [0.05, 0.1) is 42.5 Å². The van der Waals surface area contributed by atoms with Crippen molar-refractivity contribution in [2.24, 2.45) is 0 Å². The molecule has 33 heavy (non-hydrogen) atoms. The summed E-state index contributed by atoms with van der Waals surface area (Å²) in [4.78, 5) is 31.8. The quantitative estimate of drug-likeness (QED) is 0.389. The number of aldehydes is 1. The molecule has 4 rings (SSSR count). The number of hydrogen-bond donors (Lipinski definition) is 1. The van der Waals surface area contributed by atoms with Crippen LogP contribution in [0.15, 0.2) is 49.1 Å². The Bertz CT molecular complexity index is 1340. The average molecular weight is 468 g/mol. The fourth-order valence-corrected chi connectivity index (χ4v) is 3.26. The van der Waals surface area contributed by atoms with Crippen LogP contribution in [0.5, 0.6) is 23.1 Å². The Morgan fingerprint density at radius 3 is 2.70 bits per heavy atom. The first-order chi connectivity index (χ1) is 16.0. The summed E-state index contributed by atoms with van der Waals surface area (Å²) in [6.07, 6.45) is 5.03. The molecule has 0 unspecified atom stereocenters. The highest BCUT2D eigenvalue weighted by Crippen LogP contribution is 2.35. The van der Waals surface area contributed by atoms with E-state index < -0.39 is 0 Å². The normalized spacial score (nSPS) is 10.6. The molecule has 0 fully saturated rings. The van der Waals surface area contributed by atoms with Gasteiger partial charge < -0.3 is 19.5 Å². The summed E-state index contributed by atoms with van der Waals surface area (Å²) in [6, 6.07) is 8.09. The lowest BCUT2D eigenvalue weighted by Crippen LogP contribution is -2.19. The van der Waals surface area contributed by atoms with Crippen LogP contribution in [0.4, 0.5) is 5.69 Å². The summed E-state index contributed by atoms with van der Waals surface area (Å²) in [5.74, 6) is 1.39. The van der Waals surface area contributed by atoms with Crippen molar-refractivity contribution in [1.29, 1.82) is 0 Å². The number of nitrogens with zero attached hydrogens (tertiary/aromatic N) is 4. The number of aromatic nitrogens is 4. The summed E-state index contributed by atoms with van der Waals surface area (Å²) in [7, 11) is 3.08. The van der Waals surface area contributed by atoms with Gasteiger partial charge in [-0.1, -0.05) is 11.6 Å². The van der Waals surface area contributed by atoms with E-state index in [1.165, 1.54) is 36.4 Å². The van der Waals surface area contributed by atoms with E-state index in [0.29, 0.717) is 51.0 Å². The molecule has 0 aliphatic heterocycles. The van der Waals surface area contributed by atoms with Crippen molar-refractivity contribution < 1.29 is 23.8 Å². The molecule has 0 bridgehead atoms. The average Bonchev–Trinajstić information content (AvgIpc) is 3.26. The van der Waals surface area contributed by atoms with E-state index in [0.717, 1.165) is 0 Å². The van der Waals surface area contributed by atoms with E-state index in [4.69, 9.17) is 25.8 Å². The van der Waals surface area contributed by atoms with Crippen molar-refractivity contribution in [2.45, 2.75) is 6.54 Å².